The summed E-state index contributed by atoms with van der Waals surface area (Å²) in [4.78, 5) is 14.9. The van der Waals surface area contributed by atoms with Gasteiger partial charge in [0.1, 0.15) is 5.82 Å². The molecule has 0 saturated carbocycles. The molecule has 1 atom stereocenters. The van der Waals surface area contributed by atoms with Crippen molar-refractivity contribution in [3.63, 3.8) is 0 Å². The van der Waals surface area contributed by atoms with Crippen molar-refractivity contribution in [2.45, 2.75) is 45.6 Å². The molecule has 3 rings (SSSR count). The fourth-order valence-corrected chi connectivity index (χ4v) is 3.46. The zero-order chi connectivity index (χ0) is 16.7. The Hall–Kier alpha value is -2.14. The smallest absolute Gasteiger partial charge is 0.250 e. The normalized spacial score (nSPS) is 18.8. The van der Waals surface area contributed by atoms with E-state index in [0.717, 1.165) is 41.5 Å². The van der Waals surface area contributed by atoms with E-state index in [0.29, 0.717) is 17.5 Å². The second kappa shape index (κ2) is 5.81. The van der Waals surface area contributed by atoms with Gasteiger partial charge in [0, 0.05) is 22.7 Å². The van der Waals surface area contributed by atoms with Crippen LogP contribution in [0.3, 0.4) is 0 Å². The van der Waals surface area contributed by atoms with Gasteiger partial charge in [-0.3, -0.25) is 4.79 Å². The van der Waals surface area contributed by atoms with E-state index in [9.17, 15) is 9.18 Å². The van der Waals surface area contributed by atoms with Crippen LogP contribution in [0.5, 0.6) is 0 Å². The third kappa shape index (κ3) is 2.65. The summed E-state index contributed by atoms with van der Waals surface area (Å²) < 4.78 is 14.9. The number of nitrogens with one attached hydrogen (secondary N) is 1. The molecule has 122 valence electrons. The van der Waals surface area contributed by atoms with Gasteiger partial charge in [0.15, 0.2) is 0 Å². The number of aryl methyl sites for hydroxylation is 2. The Bertz CT molecular complexity index is 820. The molecule has 4 nitrogen and oxygen atoms in total. The Morgan fingerprint density at radius 1 is 1.39 bits per heavy atom. The number of amides is 1. The molecule has 1 aliphatic carbocycles. The highest BCUT2D eigenvalue weighted by Crippen LogP contribution is 2.37. The SMILES string of the molecule is Cc1[nH]c2c(C(N)=O)cc(F)c(C3=CCCC[C@H](N)C3)c2c1C. The molecular weight excluding hydrogens is 293 g/mol. The quantitative estimate of drug-likeness (QED) is 0.794. The van der Waals surface area contributed by atoms with Gasteiger partial charge in [0.2, 0.25) is 0 Å². The van der Waals surface area contributed by atoms with Gasteiger partial charge in [-0.1, -0.05) is 6.08 Å². The average molecular weight is 315 g/mol. The number of carbonyl (C=O) groups is 1. The van der Waals surface area contributed by atoms with Crippen molar-refractivity contribution in [3.8, 4) is 0 Å². The molecule has 5 N–H and O–H groups in total. The number of halogens is 1. The molecule has 0 saturated heterocycles. The Balaban J connectivity index is 2.33. The van der Waals surface area contributed by atoms with Gasteiger partial charge in [-0.15, -0.1) is 0 Å². The van der Waals surface area contributed by atoms with Gasteiger partial charge in [-0.2, -0.15) is 0 Å². The summed E-state index contributed by atoms with van der Waals surface area (Å²) in [6, 6.07) is 1.28. The molecule has 2 aromatic rings. The second-order valence-electron chi connectivity index (χ2n) is 6.39. The molecule has 5 heteroatoms. The fourth-order valence-electron chi connectivity index (χ4n) is 3.46. The van der Waals surface area contributed by atoms with E-state index in [4.69, 9.17) is 11.5 Å². The van der Waals surface area contributed by atoms with Crippen molar-refractivity contribution < 1.29 is 9.18 Å². The number of carbonyl (C=O) groups excluding carboxylic acids is 1. The van der Waals surface area contributed by atoms with E-state index >= 15 is 0 Å². The zero-order valence-electron chi connectivity index (χ0n) is 13.5. The van der Waals surface area contributed by atoms with Gasteiger partial charge in [-0.05, 0) is 56.7 Å². The van der Waals surface area contributed by atoms with Crippen LogP contribution in [0.1, 0.15) is 52.9 Å². The van der Waals surface area contributed by atoms with Crippen LogP contribution in [0.2, 0.25) is 0 Å². The number of primary amides is 1. The van der Waals surface area contributed by atoms with Gasteiger partial charge in [0.25, 0.3) is 5.91 Å². The van der Waals surface area contributed by atoms with Gasteiger partial charge in [-0.25, -0.2) is 4.39 Å². The van der Waals surface area contributed by atoms with Crippen LogP contribution in [-0.4, -0.2) is 16.9 Å². The van der Waals surface area contributed by atoms with E-state index < -0.39 is 11.7 Å². The molecule has 0 unspecified atom stereocenters. The molecule has 1 aromatic heterocycles. The summed E-state index contributed by atoms with van der Waals surface area (Å²) >= 11 is 0. The molecule has 0 aliphatic heterocycles. The van der Waals surface area contributed by atoms with Crippen molar-refractivity contribution in [3.05, 3.63) is 40.3 Å². The fraction of sp³-hybridized carbons (Fsp3) is 0.389. The number of H-pyrrole nitrogens is 1. The topological polar surface area (TPSA) is 84.9 Å². The number of fused-ring (bicyclic) bond motifs is 1. The van der Waals surface area contributed by atoms with Crippen molar-refractivity contribution >= 4 is 22.4 Å². The second-order valence-corrected chi connectivity index (χ2v) is 6.39. The summed E-state index contributed by atoms with van der Waals surface area (Å²) in [6.45, 7) is 3.84. The highest BCUT2D eigenvalue weighted by Gasteiger charge is 2.23. The van der Waals surface area contributed by atoms with Gasteiger partial charge in [0.05, 0.1) is 11.1 Å². The van der Waals surface area contributed by atoms with Crippen LogP contribution in [0.25, 0.3) is 16.5 Å². The van der Waals surface area contributed by atoms with Crippen LogP contribution in [0.15, 0.2) is 12.1 Å². The highest BCUT2D eigenvalue weighted by atomic mass is 19.1. The number of nitrogens with two attached hydrogens (primary N) is 2. The summed E-state index contributed by atoms with van der Waals surface area (Å²) in [7, 11) is 0. The Morgan fingerprint density at radius 2 is 2.13 bits per heavy atom. The Morgan fingerprint density at radius 3 is 2.83 bits per heavy atom. The van der Waals surface area contributed by atoms with Crippen molar-refractivity contribution in [1.29, 1.82) is 0 Å². The minimum absolute atomic E-state index is 0.0364. The molecular formula is C18H22FN3O. The maximum atomic E-state index is 14.9. The Kier molecular flexibility index (Phi) is 3.98. The average Bonchev–Trinajstić information content (AvgIpc) is 2.66. The monoisotopic (exact) mass is 315 g/mol. The lowest BCUT2D eigenvalue weighted by Gasteiger charge is -2.15. The first-order valence-corrected chi connectivity index (χ1v) is 7.96. The van der Waals surface area contributed by atoms with Gasteiger partial charge >= 0.3 is 0 Å². The number of rotatable bonds is 2. The van der Waals surface area contributed by atoms with Crippen LogP contribution in [-0.2, 0) is 0 Å². The number of hydrogen-bond acceptors (Lipinski definition) is 2. The van der Waals surface area contributed by atoms with Crippen LogP contribution >= 0.6 is 0 Å². The summed E-state index contributed by atoms with van der Waals surface area (Å²) in [6.07, 6.45) is 5.57. The van der Waals surface area contributed by atoms with Gasteiger partial charge < -0.3 is 16.5 Å². The molecule has 1 amide bonds. The lowest BCUT2D eigenvalue weighted by atomic mass is 9.92. The number of aromatic nitrogens is 1. The van der Waals surface area contributed by atoms with Crippen molar-refractivity contribution in [2.24, 2.45) is 11.5 Å². The van der Waals surface area contributed by atoms with Crippen LogP contribution < -0.4 is 11.5 Å². The lowest BCUT2D eigenvalue weighted by molar-refractivity contribution is 0.100. The van der Waals surface area contributed by atoms with E-state index in [-0.39, 0.29) is 11.6 Å². The molecule has 0 radical (unpaired) electrons. The maximum Gasteiger partial charge on any atom is 0.250 e. The van der Waals surface area contributed by atoms with Crippen molar-refractivity contribution in [1.82, 2.24) is 4.98 Å². The first kappa shape index (κ1) is 15.7. The first-order chi connectivity index (χ1) is 10.9. The summed E-state index contributed by atoms with van der Waals surface area (Å²) in [5.41, 5.74) is 15.7. The molecule has 1 aliphatic rings. The number of allylic oxidation sites excluding steroid dienone is 1. The van der Waals surface area contributed by atoms with Crippen LogP contribution in [0, 0.1) is 19.7 Å². The minimum Gasteiger partial charge on any atom is -0.366 e. The molecule has 23 heavy (non-hydrogen) atoms. The summed E-state index contributed by atoms with van der Waals surface area (Å²) in [5, 5.41) is 0.747. The van der Waals surface area contributed by atoms with Crippen molar-refractivity contribution in [2.75, 3.05) is 0 Å². The minimum atomic E-state index is -0.631. The maximum absolute atomic E-state index is 14.9. The largest absolute Gasteiger partial charge is 0.366 e. The highest BCUT2D eigenvalue weighted by molar-refractivity contribution is 6.09. The lowest BCUT2D eigenvalue weighted by Crippen LogP contribution is -2.19. The molecule has 0 spiro atoms. The predicted octanol–water partition coefficient (Wildman–Crippen LogP) is 3.31. The number of hydrogen-bond donors (Lipinski definition) is 3. The first-order valence-electron chi connectivity index (χ1n) is 7.96. The molecule has 1 aromatic carbocycles. The third-order valence-electron chi connectivity index (χ3n) is 4.77. The van der Waals surface area contributed by atoms with E-state index in [1.165, 1.54) is 6.07 Å². The molecule has 1 heterocycles. The van der Waals surface area contributed by atoms with E-state index in [1.54, 1.807) is 0 Å². The molecule has 0 bridgehead atoms. The predicted molar refractivity (Wildman–Crippen MR) is 90.7 cm³/mol. The standard InChI is InChI=1S/C18H22FN3O/c1-9-10(2)22-17-13(18(21)23)8-14(19)16(15(9)17)11-5-3-4-6-12(20)7-11/h5,8,12,22H,3-4,6-7,20H2,1-2H3,(H2,21,23)/t12-/m0/s1. The number of aromatic amines is 1. The molecule has 0 fully saturated rings. The summed E-state index contributed by atoms with van der Waals surface area (Å²) in [5.74, 6) is -1.04. The number of benzene rings is 1. The van der Waals surface area contributed by atoms with Crippen LogP contribution in [0.4, 0.5) is 4.39 Å². The third-order valence-corrected chi connectivity index (χ3v) is 4.77. The zero-order valence-corrected chi connectivity index (χ0v) is 13.5. The Labute approximate surface area is 134 Å². The van der Waals surface area contributed by atoms with E-state index in [1.807, 2.05) is 13.8 Å². The van der Waals surface area contributed by atoms with E-state index in [2.05, 4.69) is 11.1 Å².